The zero-order valence-electron chi connectivity index (χ0n) is 13.5. The Kier molecular flexibility index (Phi) is 5.70. The van der Waals surface area contributed by atoms with Crippen molar-refractivity contribution in [2.24, 2.45) is 0 Å². The third-order valence-electron chi connectivity index (χ3n) is 5.87. The second kappa shape index (κ2) is 7.08. The van der Waals surface area contributed by atoms with Gasteiger partial charge in [-0.2, -0.15) is 0 Å². The van der Waals surface area contributed by atoms with E-state index in [9.17, 15) is 0 Å². The number of quaternary nitrogens is 2. The molecule has 0 atom stereocenters. The molecular weight excluding hydrogens is 232 g/mol. The lowest BCUT2D eigenvalue weighted by Crippen LogP contribution is -2.75. The van der Waals surface area contributed by atoms with E-state index >= 15 is 0 Å². The predicted octanol–water partition coefficient (Wildman–Crippen LogP) is 3.42. The quantitative estimate of drug-likeness (QED) is 0.444. The Morgan fingerprint density at radius 3 is 1.42 bits per heavy atom. The lowest BCUT2D eigenvalue weighted by Gasteiger charge is -2.55. The summed E-state index contributed by atoms with van der Waals surface area (Å²) in [6.07, 6.45) is 10.1. The van der Waals surface area contributed by atoms with Crippen molar-refractivity contribution < 1.29 is 8.97 Å². The highest BCUT2D eigenvalue weighted by atomic mass is 15.5. The number of hydrogen-bond acceptors (Lipinski definition) is 0. The first-order valence-electron chi connectivity index (χ1n) is 8.94. The first-order valence-corrected chi connectivity index (χ1v) is 8.94. The van der Waals surface area contributed by atoms with Gasteiger partial charge in [0.25, 0.3) is 0 Å². The molecule has 2 bridgehead atoms. The molecule has 0 amide bonds. The highest BCUT2D eigenvalue weighted by molar-refractivity contribution is 4.62. The number of nitrogens with zero attached hydrogens (tertiary/aromatic N) is 2. The zero-order chi connectivity index (χ0) is 13.6. The molecule has 0 aromatic carbocycles. The van der Waals surface area contributed by atoms with Crippen molar-refractivity contribution >= 4 is 0 Å². The van der Waals surface area contributed by atoms with E-state index in [0.29, 0.717) is 0 Å². The summed E-state index contributed by atoms with van der Waals surface area (Å²) in [4.78, 5) is 0. The minimum absolute atomic E-state index is 1.37. The van der Waals surface area contributed by atoms with Crippen LogP contribution in [0.15, 0.2) is 0 Å². The minimum atomic E-state index is 1.37. The Morgan fingerprint density at radius 1 is 0.526 bits per heavy atom. The summed E-state index contributed by atoms with van der Waals surface area (Å²) in [6.45, 7) is 16.5. The van der Waals surface area contributed by atoms with E-state index in [4.69, 9.17) is 0 Å². The number of unbranched alkanes of at least 4 members (excludes halogenated alkanes) is 5. The third kappa shape index (κ3) is 3.95. The van der Waals surface area contributed by atoms with Crippen LogP contribution in [0.4, 0.5) is 0 Å². The lowest BCUT2D eigenvalue weighted by atomic mass is 10.0. The molecule has 3 rings (SSSR count). The summed E-state index contributed by atoms with van der Waals surface area (Å²) in [5.41, 5.74) is 0. The molecule has 3 saturated heterocycles. The lowest BCUT2D eigenvalue weighted by molar-refractivity contribution is -1.08. The molecule has 19 heavy (non-hydrogen) atoms. The van der Waals surface area contributed by atoms with Crippen LogP contribution in [0.3, 0.4) is 0 Å². The number of fused-ring (bicyclic) bond motifs is 3. The molecule has 0 N–H and O–H groups in total. The molecule has 3 aliphatic heterocycles. The Hall–Kier alpha value is -0.0800. The van der Waals surface area contributed by atoms with Crippen molar-refractivity contribution in [3.63, 3.8) is 0 Å². The van der Waals surface area contributed by atoms with E-state index in [1.165, 1.54) is 106 Å². The van der Waals surface area contributed by atoms with Crippen LogP contribution in [-0.4, -0.2) is 61.3 Å². The van der Waals surface area contributed by atoms with E-state index in [1.54, 1.807) is 0 Å². The van der Waals surface area contributed by atoms with Crippen LogP contribution < -0.4 is 0 Å². The Bertz CT molecular complexity index is 231. The van der Waals surface area contributed by atoms with Gasteiger partial charge in [-0.05, 0) is 19.3 Å². The van der Waals surface area contributed by atoms with Gasteiger partial charge in [0.15, 0.2) is 0 Å². The molecule has 2 nitrogen and oxygen atoms in total. The van der Waals surface area contributed by atoms with Crippen LogP contribution in [0.25, 0.3) is 0 Å². The minimum Gasteiger partial charge on any atom is -0.310 e. The van der Waals surface area contributed by atoms with Gasteiger partial charge in [-0.15, -0.1) is 0 Å². The molecule has 3 heterocycles. The number of rotatable bonds is 9. The average Bonchev–Trinajstić information content (AvgIpc) is 2.47. The van der Waals surface area contributed by atoms with Gasteiger partial charge in [-0.1, -0.05) is 39.5 Å². The average molecular weight is 268 g/mol. The SMILES string of the molecule is CCCCCCC[N+]12CC[N+](CCCC)(CC1)CC2. The van der Waals surface area contributed by atoms with E-state index in [0.717, 1.165) is 0 Å². The molecule has 0 radical (unpaired) electrons. The molecule has 3 aliphatic rings. The predicted molar refractivity (Wildman–Crippen MR) is 83.1 cm³/mol. The highest BCUT2D eigenvalue weighted by Gasteiger charge is 2.47. The Morgan fingerprint density at radius 2 is 0.947 bits per heavy atom. The van der Waals surface area contributed by atoms with Gasteiger partial charge in [-0.25, -0.2) is 0 Å². The van der Waals surface area contributed by atoms with E-state index in [1.807, 2.05) is 0 Å². The van der Waals surface area contributed by atoms with Crippen LogP contribution in [0.2, 0.25) is 0 Å². The van der Waals surface area contributed by atoms with E-state index in [-0.39, 0.29) is 0 Å². The molecule has 0 saturated carbocycles. The van der Waals surface area contributed by atoms with Crippen molar-refractivity contribution in [1.82, 2.24) is 0 Å². The van der Waals surface area contributed by atoms with E-state index < -0.39 is 0 Å². The number of piperazine rings is 3. The largest absolute Gasteiger partial charge is 0.310 e. The molecular formula is C17H36N2+2. The molecule has 3 fully saturated rings. The smallest absolute Gasteiger partial charge is 0.129 e. The van der Waals surface area contributed by atoms with Crippen molar-refractivity contribution in [3.05, 3.63) is 0 Å². The molecule has 0 aromatic rings. The van der Waals surface area contributed by atoms with Crippen molar-refractivity contribution in [1.29, 1.82) is 0 Å². The topological polar surface area (TPSA) is 0 Å². The molecule has 0 aliphatic carbocycles. The maximum atomic E-state index is 2.34. The summed E-state index contributed by atoms with van der Waals surface area (Å²) < 4.78 is 2.96. The van der Waals surface area contributed by atoms with Gasteiger partial charge in [0, 0.05) is 0 Å². The van der Waals surface area contributed by atoms with Gasteiger partial charge in [0.05, 0.1) is 13.1 Å². The summed E-state index contributed by atoms with van der Waals surface area (Å²) >= 11 is 0. The monoisotopic (exact) mass is 268 g/mol. The van der Waals surface area contributed by atoms with Gasteiger partial charge in [0.2, 0.25) is 0 Å². The fraction of sp³-hybridized carbons (Fsp3) is 1.00. The number of hydrogen-bond donors (Lipinski definition) is 0. The van der Waals surface area contributed by atoms with Crippen LogP contribution >= 0.6 is 0 Å². The zero-order valence-corrected chi connectivity index (χ0v) is 13.5. The van der Waals surface area contributed by atoms with E-state index in [2.05, 4.69) is 13.8 Å². The first kappa shape index (κ1) is 15.3. The Balaban J connectivity index is 1.71. The molecule has 0 aromatic heterocycles. The summed E-state index contributed by atoms with van der Waals surface area (Å²) in [5.74, 6) is 0. The van der Waals surface area contributed by atoms with Crippen molar-refractivity contribution in [3.8, 4) is 0 Å². The first-order chi connectivity index (χ1) is 9.24. The van der Waals surface area contributed by atoms with Crippen LogP contribution in [-0.2, 0) is 0 Å². The summed E-state index contributed by atoms with van der Waals surface area (Å²) in [5, 5.41) is 0. The summed E-state index contributed by atoms with van der Waals surface area (Å²) in [6, 6.07) is 0. The van der Waals surface area contributed by atoms with Crippen molar-refractivity contribution in [2.75, 3.05) is 52.4 Å². The molecule has 112 valence electrons. The standard InChI is InChI=1S/C17H36N2/c1-3-5-7-8-9-11-19-15-12-18(13-16-19,14-17-19)10-6-4-2/h3-17H2,1-2H3/q+2. The molecule has 2 heteroatoms. The fourth-order valence-corrected chi connectivity index (χ4v) is 4.16. The second-order valence-electron chi connectivity index (χ2n) is 7.24. The van der Waals surface area contributed by atoms with Crippen LogP contribution in [0.1, 0.15) is 58.8 Å². The van der Waals surface area contributed by atoms with Crippen LogP contribution in [0.5, 0.6) is 0 Å². The normalized spacial score (nSPS) is 33.8. The maximum absolute atomic E-state index is 2.34. The third-order valence-corrected chi connectivity index (χ3v) is 5.87. The van der Waals surface area contributed by atoms with Gasteiger partial charge < -0.3 is 8.97 Å². The van der Waals surface area contributed by atoms with Gasteiger partial charge in [-0.3, -0.25) is 0 Å². The molecule has 0 unspecified atom stereocenters. The van der Waals surface area contributed by atoms with Gasteiger partial charge >= 0.3 is 0 Å². The Labute approximate surface area is 121 Å². The molecule has 0 spiro atoms. The fourth-order valence-electron chi connectivity index (χ4n) is 4.16. The highest BCUT2D eigenvalue weighted by Crippen LogP contribution is 2.27. The van der Waals surface area contributed by atoms with Crippen LogP contribution in [0, 0.1) is 0 Å². The van der Waals surface area contributed by atoms with Crippen molar-refractivity contribution in [2.45, 2.75) is 58.8 Å². The maximum Gasteiger partial charge on any atom is 0.129 e. The second-order valence-corrected chi connectivity index (χ2v) is 7.24. The van der Waals surface area contributed by atoms with Gasteiger partial charge in [0.1, 0.15) is 39.3 Å². The summed E-state index contributed by atoms with van der Waals surface area (Å²) in [7, 11) is 0.